The zero-order chi connectivity index (χ0) is 23.0. The Morgan fingerprint density at radius 3 is 2.47 bits per heavy atom. The molecule has 2 aromatic heterocycles. The molecule has 5 nitrogen and oxygen atoms in total. The molecule has 166 valence electrons. The Labute approximate surface area is 196 Å². The van der Waals surface area contributed by atoms with Crippen LogP contribution in [0, 0.1) is 20.8 Å². The lowest BCUT2D eigenvalue weighted by Gasteiger charge is -2.23. The van der Waals surface area contributed by atoms with Crippen molar-refractivity contribution in [3.63, 3.8) is 0 Å². The second-order valence-corrected chi connectivity index (χ2v) is 11.2. The fourth-order valence-electron chi connectivity index (χ4n) is 3.67. The van der Waals surface area contributed by atoms with Gasteiger partial charge in [0.2, 0.25) is 10.0 Å². The largest absolute Gasteiger partial charge is 0.321 e. The van der Waals surface area contributed by atoms with E-state index < -0.39 is 10.0 Å². The predicted octanol–water partition coefficient (Wildman–Crippen LogP) is 5.56. The first kappa shape index (κ1) is 22.7. The molecule has 4 aromatic rings. The highest BCUT2D eigenvalue weighted by Gasteiger charge is 2.28. The van der Waals surface area contributed by atoms with Gasteiger partial charge in [-0.3, -0.25) is 4.79 Å². The maximum Gasteiger partial charge on any atom is 0.252 e. The van der Waals surface area contributed by atoms with Crippen LogP contribution < -0.4 is 5.56 Å². The minimum Gasteiger partial charge on any atom is -0.321 e. The molecule has 0 aliphatic carbocycles. The van der Waals surface area contributed by atoms with Crippen LogP contribution in [-0.2, 0) is 23.1 Å². The molecular weight excluding hydrogens is 464 g/mol. The van der Waals surface area contributed by atoms with Gasteiger partial charge in [0, 0.05) is 28.6 Å². The van der Waals surface area contributed by atoms with Gasteiger partial charge in [-0.2, -0.15) is 4.31 Å². The molecule has 0 aliphatic rings. The Kier molecular flexibility index (Phi) is 6.27. The van der Waals surface area contributed by atoms with Crippen molar-refractivity contribution in [3.05, 3.63) is 96.4 Å². The van der Waals surface area contributed by atoms with Gasteiger partial charge in [-0.1, -0.05) is 35.9 Å². The summed E-state index contributed by atoms with van der Waals surface area (Å²) in [6.07, 6.45) is 0. The normalized spacial score (nSPS) is 12.0. The van der Waals surface area contributed by atoms with E-state index in [1.165, 1.54) is 21.7 Å². The molecule has 0 spiro atoms. The summed E-state index contributed by atoms with van der Waals surface area (Å²) >= 11 is 7.59. The number of benzene rings is 2. The Morgan fingerprint density at radius 2 is 1.75 bits per heavy atom. The van der Waals surface area contributed by atoms with Crippen LogP contribution in [-0.4, -0.2) is 17.7 Å². The molecule has 32 heavy (non-hydrogen) atoms. The molecule has 0 fully saturated rings. The van der Waals surface area contributed by atoms with Crippen LogP contribution in [0.25, 0.3) is 10.9 Å². The number of aromatic amines is 1. The second-order valence-electron chi connectivity index (χ2n) is 7.86. The Hall–Kier alpha value is -2.45. The minimum atomic E-state index is -3.91. The highest BCUT2D eigenvalue weighted by molar-refractivity contribution is 7.89. The monoisotopic (exact) mass is 486 g/mol. The number of fused-ring (bicyclic) bond motifs is 1. The fraction of sp³-hybridized carbons (Fsp3) is 0.208. The molecule has 0 aliphatic heterocycles. The summed E-state index contributed by atoms with van der Waals surface area (Å²) in [4.78, 5) is 16.9. The number of hydrogen-bond donors (Lipinski definition) is 1. The van der Waals surface area contributed by atoms with Gasteiger partial charge in [0.05, 0.1) is 10.4 Å². The van der Waals surface area contributed by atoms with Crippen molar-refractivity contribution in [1.82, 2.24) is 9.29 Å². The molecule has 2 aromatic carbocycles. The van der Waals surface area contributed by atoms with Crippen LogP contribution in [0.15, 0.2) is 63.6 Å². The van der Waals surface area contributed by atoms with Gasteiger partial charge in [-0.15, -0.1) is 11.3 Å². The average Bonchev–Trinajstić information content (AvgIpc) is 3.26. The van der Waals surface area contributed by atoms with Crippen molar-refractivity contribution in [2.45, 2.75) is 38.8 Å². The van der Waals surface area contributed by atoms with E-state index in [-0.39, 0.29) is 23.5 Å². The summed E-state index contributed by atoms with van der Waals surface area (Å²) in [5, 5.41) is 3.12. The molecular formula is C24H23ClN2O3S2. The summed E-state index contributed by atoms with van der Waals surface area (Å²) < 4.78 is 28.7. The molecule has 8 heteroatoms. The number of aromatic nitrogens is 1. The molecule has 0 bridgehead atoms. The van der Waals surface area contributed by atoms with E-state index in [0.29, 0.717) is 16.1 Å². The zero-order valence-electron chi connectivity index (χ0n) is 18.0. The molecule has 0 atom stereocenters. The lowest BCUT2D eigenvalue weighted by Crippen LogP contribution is -2.32. The standard InChI is InChI=1S/C24H23ClN2O3S2/c1-15-6-8-18-11-19(24(28)26-23(18)17(15)3)13-27(14-21-5-4-10-31-21)32(29,30)22-12-20(25)9-7-16(22)2/h4-12H,13-14H2,1-3H3,(H,26,28). The first-order valence-corrected chi connectivity index (χ1v) is 12.8. The third-order valence-electron chi connectivity index (χ3n) is 5.65. The second kappa shape index (κ2) is 8.83. The van der Waals surface area contributed by atoms with Crippen LogP contribution >= 0.6 is 22.9 Å². The smallest absolute Gasteiger partial charge is 0.252 e. The van der Waals surface area contributed by atoms with Crippen molar-refractivity contribution in [2.24, 2.45) is 0 Å². The van der Waals surface area contributed by atoms with Crippen LogP contribution in [0.5, 0.6) is 0 Å². The quantitative estimate of drug-likeness (QED) is 0.388. The topological polar surface area (TPSA) is 70.2 Å². The minimum absolute atomic E-state index is 0.0512. The van der Waals surface area contributed by atoms with Gasteiger partial charge < -0.3 is 4.98 Å². The summed E-state index contributed by atoms with van der Waals surface area (Å²) in [6.45, 7) is 5.80. The van der Waals surface area contributed by atoms with Gasteiger partial charge >= 0.3 is 0 Å². The predicted molar refractivity (Wildman–Crippen MR) is 131 cm³/mol. The van der Waals surface area contributed by atoms with Crippen molar-refractivity contribution < 1.29 is 8.42 Å². The first-order valence-electron chi connectivity index (χ1n) is 10.1. The zero-order valence-corrected chi connectivity index (χ0v) is 20.4. The summed E-state index contributed by atoms with van der Waals surface area (Å²) in [7, 11) is -3.91. The Balaban J connectivity index is 1.81. The van der Waals surface area contributed by atoms with E-state index in [9.17, 15) is 13.2 Å². The molecule has 4 rings (SSSR count). The lowest BCUT2D eigenvalue weighted by atomic mass is 10.0. The van der Waals surface area contributed by atoms with E-state index in [0.717, 1.165) is 26.9 Å². The van der Waals surface area contributed by atoms with E-state index >= 15 is 0 Å². The molecule has 0 saturated carbocycles. The highest BCUT2D eigenvalue weighted by atomic mass is 35.5. The Morgan fingerprint density at radius 1 is 1.00 bits per heavy atom. The summed E-state index contributed by atoms with van der Waals surface area (Å²) in [5.74, 6) is 0. The molecule has 2 heterocycles. The number of nitrogens with zero attached hydrogens (tertiary/aromatic N) is 1. The summed E-state index contributed by atoms with van der Waals surface area (Å²) in [6, 6.07) is 14.3. The van der Waals surface area contributed by atoms with Crippen LogP contribution in [0.2, 0.25) is 5.02 Å². The first-order chi connectivity index (χ1) is 15.2. The van der Waals surface area contributed by atoms with E-state index in [1.54, 1.807) is 25.1 Å². The lowest BCUT2D eigenvalue weighted by molar-refractivity contribution is 0.402. The highest BCUT2D eigenvalue weighted by Crippen LogP contribution is 2.27. The molecule has 0 radical (unpaired) electrons. The van der Waals surface area contributed by atoms with Gasteiger partial charge in [-0.05, 0) is 72.5 Å². The average molecular weight is 487 g/mol. The third-order valence-corrected chi connectivity index (χ3v) is 8.68. The van der Waals surface area contributed by atoms with E-state index in [2.05, 4.69) is 4.98 Å². The van der Waals surface area contributed by atoms with Gasteiger partial charge in [0.25, 0.3) is 5.56 Å². The number of nitrogens with one attached hydrogen (secondary N) is 1. The number of pyridine rings is 1. The number of sulfonamides is 1. The van der Waals surface area contributed by atoms with E-state index in [1.807, 2.05) is 43.5 Å². The van der Waals surface area contributed by atoms with Gasteiger partial charge in [0.1, 0.15) is 0 Å². The molecule has 0 saturated heterocycles. The number of hydrogen-bond acceptors (Lipinski definition) is 4. The van der Waals surface area contributed by atoms with Crippen molar-refractivity contribution in [1.29, 1.82) is 0 Å². The maximum absolute atomic E-state index is 13.7. The maximum atomic E-state index is 13.7. The van der Waals surface area contributed by atoms with Crippen LogP contribution in [0.1, 0.15) is 27.1 Å². The fourth-order valence-corrected chi connectivity index (χ4v) is 6.36. The van der Waals surface area contributed by atoms with Gasteiger partial charge in [-0.25, -0.2) is 8.42 Å². The van der Waals surface area contributed by atoms with Crippen LogP contribution in [0.3, 0.4) is 0 Å². The number of H-pyrrole nitrogens is 1. The molecule has 0 amide bonds. The molecule has 1 N–H and O–H groups in total. The van der Waals surface area contributed by atoms with Crippen molar-refractivity contribution in [3.8, 4) is 0 Å². The SMILES string of the molecule is Cc1ccc(Cl)cc1S(=O)(=O)N(Cc1cccs1)Cc1cc2ccc(C)c(C)c2[nH]c1=O. The molecule has 0 unspecified atom stereocenters. The summed E-state index contributed by atoms with van der Waals surface area (Å²) in [5.41, 5.74) is 3.56. The van der Waals surface area contributed by atoms with Crippen molar-refractivity contribution in [2.75, 3.05) is 0 Å². The van der Waals surface area contributed by atoms with Crippen LogP contribution in [0.4, 0.5) is 0 Å². The van der Waals surface area contributed by atoms with E-state index in [4.69, 9.17) is 11.6 Å². The number of aryl methyl sites for hydroxylation is 3. The third kappa shape index (κ3) is 4.38. The number of halogens is 1. The van der Waals surface area contributed by atoms with Crippen molar-refractivity contribution >= 4 is 43.9 Å². The Bertz CT molecular complexity index is 1460. The number of rotatable bonds is 6. The number of thiophene rings is 1. The van der Waals surface area contributed by atoms with Gasteiger partial charge in [0.15, 0.2) is 0 Å².